The Morgan fingerprint density at radius 2 is 2.00 bits per heavy atom. The van der Waals surface area contributed by atoms with Crippen LogP contribution in [-0.4, -0.2) is 11.7 Å². The zero-order chi connectivity index (χ0) is 14.3. The summed E-state index contributed by atoms with van der Waals surface area (Å²) in [6.07, 6.45) is 4.39. The number of benzene rings is 1. The lowest BCUT2D eigenvalue weighted by molar-refractivity contribution is 0.183. The molecule has 108 valence electrons. The summed E-state index contributed by atoms with van der Waals surface area (Å²) in [6.45, 7) is 9.02. The molecule has 0 heterocycles. The number of unbranched alkanes of at least 4 members (excludes halogenated alkanes) is 1. The molecule has 0 aromatic heterocycles. The summed E-state index contributed by atoms with van der Waals surface area (Å²) in [5, 5.41) is 9.78. The lowest BCUT2D eigenvalue weighted by atomic mass is 10.0. The Hall–Kier alpha value is -1.02. The fraction of sp³-hybridized carbons (Fsp3) is 0.647. The van der Waals surface area contributed by atoms with E-state index in [4.69, 9.17) is 4.74 Å². The standard InChI is InChI=1S/C17H28O2/c1-5-7-8-15(6-2)12-19-17-11-13(3)9-10-16(17)14(4)18/h9-11,14-15,18H,5-8,12H2,1-4H3/t14-,15?/m1/s1. The molecule has 2 atom stereocenters. The molecule has 0 aliphatic carbocycles. The van der Waals surface area contributed by atoms with Crippen LogP contribution in [-0.2, 0) is 0 Å². The van der Waals surface area contributed by atoms with Gasteiger partial charge in [-0.25, -0.2) is 0 Å². The molecular formula is C17H28O2. The Bertz CT molecular complexity index is 372. The molecule has 0 saturated heterocycles. The molecule has 0 spiro atoms. The van der Waals surface area contributed by atoms with Crippen molar-refractivity contribution < 1.29 is 9.84 Å². The molecular weight excluding hydrogens is 236 g/mol. The number of aliphatic hydroxyl groups excluding tert-OH is 1. The summed E-state index contributed by atoms with van der Waals surface area (Å²) in [5.41, 5.74) is 2.05. The molecule has 0 bridgehead atoms. The molecule has 2 nitrogen and oxygen atoms in total. The zero-order valence-corrected chi connectivity index (χ0v) is 12.8. The smallest absolute Gasteiger partial charge is 0.125 e. The van der Waals surface area contributed by atoms with Gasteiger partial charge in [0.15, 0.2) is 0 Å². The normalized spacial score (nSPS) is 14.2. The molecule has 0 fully saturated rings. The van der Waals surface area contributed by atoms with Crippen LogP contribution >= 0.6 is 0 Å². The van der Waals surface area contributed by atoms with Gasteiger partial charge < -0.3 is 9.84 Å². The summed E-state index contributed by atoms with van der Waals surface area (Å²) in [4.78, 5) is 0. The van der Waals surface area contributed by atoms with Gasteiger partial charge in [-0.15, -0.1) is 0 Å². The van der Waals surface area contributed by atoms with Crippen LogP contribution in [0.25, 0.3) is 0 Å². The van der Waals surface area contributed by atoms with Crippen molar-refractivity contribution in [1.29, 1.82) is 0 Å². The Labute approximate surface area is 117 Å². The van der Waals surface area contributed by atoms with Gasteiger partial charge in [-0.3, -0.25) is 0 Å². The summed E-state index contributed by atoms with van der Waals surface area (Å²) in [7, 11) is 0. The van der Waals surface area contributed by atoms with Crippen LogP contribution in [0.2, 0.25) is 0 Å². The van der Waals surface area contributed by atoms with Gasteiger partial charge in [0.05, 0.1) is 12.7 Å². The molecule has 0 saturated carbocycles. The Morgan fingerprint density at radius 1 is 1.26 bits per heavy atom. The fourth-order valence-electron chi connectivity index (χ4n) is 2.22. The van der Waals surface area contributed by atoms with E-state index in [-0.39, 0.29) is 0 Å². The third kappa shape index (κ3) is 5.23. The second-order valence-corrected chi connectivity index (χ2v) is 5.44. The first-order valence-electron chi connectivity index (χ1n) is 7.49. The fourth-order valence-corrected chi connectivity index (χ4v) is 2.22. The van der Waals surface area contributed by atoms with E-state index in [2.05, 4.69) is 13.8 Å². The number of hydrogen-bond acceptors (Lipinski definition) is 2. The highest BCUT2D eigenvalue weighted by atomic mass is 16.5. The van der Waals surface area contributed by atoms with Crippen molar-refractivity contribution in [2.75, 3.05) is 6.61 Å². The van der Waals surface area contributed by atoms with Crippen LogP contribution in [0, 0.1) is 12.8 Å². The molecule has 1 rings (SSSR count). The van der Waals surface area contributed by atoms with Crippen LogP contribution in [0.5, 0.6) is 5.75 Å². The van der Waals surface area contributed by atoms with E-state index in [1.807, 2.05) is 25.1 Å². The minimum Gasteiger partial charge on any atom is -0.493 e. The number of hydrogen-bond donors (Lipinski definition) is 1. The van der Waals surface area contributed by atoms with Crippen molar-refractivity contribution in [3.05, 3.63) is 29.3 Å². The second kappa shape index (κ2) is 8.21. The quantitative estimate of drug-likeness (QED) is 0.741. The molecule has 0 aliphatic rings. The maximum absolute atomic E-state index is 9.78. The van der Waals surface area contributed by atoms with Crippen LogP contribution in [0.4, 0.5) is 0 Å². The van der Waals surface area contributed by atoms with Crippen LogP contribution in [0.3, 0.4) is 0 Å². The predicted octanol–water partition coefficient (Wildman–Crippen LogP) is 4.64. The van der Waals surface area contributed by atoms with E-state index in [1.54, 1.807) is 6.92 Å². The van der Waals surface area contributed by atoms with E-state index in [1.165, 1.54) is 24.8 Å². The first-order chi connectivity index (χ1) is 9.08. The molecule has 1 unspecified atom stereocenters. The maximum atomic E-state index is 9.78. The number of ether oxygens (including phenoxy) is 1. The van der Waals surface area contributed by atoms with E-state index in [0.717, 1.165) is 24.3 Å². The lowest BCUT2D eigenvalue weighted by Crippen LogP contribution is -2.12. The van der Waals surface area contributed by atoms with Gasteiger partial charge in [0.2, 0.25) is 0 Å². The van der Waals surface area contributed by atoms with E-state index in [9.17, 15) is 5.11 Å². The Morgan fingerprint density at radius 3 is 2.58 bits per heavy atom. The van der Waals surface area contributed by atoms with Crippen LogP contribution < -0.4 is 4.74 Å². The Balaban J connectivity index is 2.67. The number of aliphatic hydroxyl groups is 1. The summed E-state index contributed by atoms with van der Waals surface area (Å²) >= 11 is 0. The van der Waals surface area contributed by atoms with Crippen molar-refractivity contribution in [2.24, 2.45) is 5.92 Å². The van der Waals surface area contributed by atoms with Crippen molar-refractivity contribution in [2.45, 2.75) is 59.5 Å². The van der Waals surface area contributed by atoms with Crippen molar-refractivity contribution in [3.8, 4) is 5.75 Å². The SMILES string of the molecule is CCCCC(CC)COc1cc(C)ccc1[C@@H](C)O. The van der Waals surface area contributed by atoms with Gasteiger partial charge in [0, 0.05) is 5.56 Å². The van der Waals surface area contributed by atoms with Crippen molar-refractivity contribution in [3.63, 3.8) is 0 Å². The van der Waals surface area contributed by atoms with E-state index in [0.29, 0.717) is 5.92 Å². The largest absolute Gasteiger partial charge is 0.493 e. The van der Waals surface area contributed by atoms with Gasteiger partial charge in [-0.2, -0.15) is 0 Å². The zero-order valence-electron chi connectivity index (χ0n) is 12.8. The van der Waals surface area contributed by atoms with Gasteiger partial charge in [-0.05, 0) is 37.8 Å². The van der Waals surface area contributed by atoms with Gasteiger partial charge in [0.1, 0.15) is 5.75 Å². The van der Waals surface area contributed by atoms with Gasteiger partial charge in [-0.1, -0.05) is 45.2 Å². The second-order valence-electron chi connectivity index (χ2n) is 5.44. The summed E-state index contributed by atoms with van der Waals surface area (Å²) in [5.74, 6) is 1.45. The lowest BCUT2D eigenvalue weighted by Gasteiger charge is -2.19. The predicted molar refractivity (Wildman–Crippen MR) is 80.6 cm³/mol. The summed E-state index contributed by atoms with van der Waals surface area (Å²) < 4.78 is 5.97. The van der Waals surface area contributed by atoms with Crippen LogP contribution in [0.1, 0.15) is 63.7 Å². The van der Waals surface area contributed by atoms with Crippen LogP contribution in [0.15, 0.2) is 18.2 Å². The average Bonchev–Trinajstić information content (AvgIpc) is 2.38. The highest BCUT2D eigenvalue weighted by molar-refractivity contribution is 5.38. The highest BCUT2D eigenvalue weighted by Gasteiger charge is 2.12. The van der Waals surface area contributed by atoms with E-state index >= 15 is 0 Å². The molecule has 2 heteroatoms. The minimum atomic E-state index is -0.480. The number of rotatable bonds is 8. The molecule has 0 radical (unpaired) electrons. The molecule has 0 amide bonds. The Kier molecular flexibility index (Phi) is 6.93. The molecule has 1 aromatic carbocycles. The molecule has 1 aromatic rings. The number of aryl methyl sites for hydroxylation is 1. The first-order valence-corrected chi connectivity index (χ1v) is 7.49. The molecule has 0 aliphatic heterocycles. The summed E-state index contributed by atoms with van der Waals surface area (Å²) in [6, 6.07) is 6.00. The topological polar surface area (TPSA) is 29.5 Å². The van der Waals surface area contributed by atoms with Crippen molar-refractivity contribution in [1.82, 2.24) is 0 Å². The maximum Gasteiger partial charge on any atom is 0.125 e. The first kappa shape index (κ1) is 16.0. The monoisotopic (exact) mass is 264 g/mol. The third-order valence-corrected chi connectivity index (χ3v) is 3.64. The molecule has 1 N–H and O–H groups in total. The van der Waals surface area contributed by atoms with Gasteiger partial charge in [0.25, 0.3) is 0 Å². The van der Waals surface area contributed by atoms with E-state index < -0.39 is 6.10 Å². The highest BCUT2D eigenvalue weighted by Crippen LogP contribution is 2.27. The minimum absolute atomic E-state index is 0.480. The average molecular weight is 264 g/mol. The third-order valence-electron chi connectivity index (χ3n) is 3.64. The molecule has 19 heavy (non-hydrogen) atoms. The van der Waals surface area contributed by atoms with Crippen molar-refractivity contribution >= 4 is 0 Å². The van der Waals surface area contributed by atoms with Gasteiger partial charge >= 0.3 is 0 Å².